The molecule has 64 valence electrons. The van der Waals surface area contributed by atoms with E-state index in [1.165, 1.54) is 19.3 Å². The minimum atomic E-state index is 0.968. The van der Waals surface area contributed by atoms with Crippen molar-refractivity contribution in [1.29, 1.82) is 0 Å². The lowest BCUT2D eigenvalue weighted by Crippen LogP contribution is -1.66. The molecule has 0 N–H and O–H groups in total. The topological polar surface area (TPSA) is 0 Å². The fraction of sp³-hybridized carbons (Fsp3) is 0.600. The second-order valence-corrected chi connectivity index (χ2v) is 3.12. The molecular weight excluding hydrogens is 200 g/mol. The summed E-state index contributed by atoms with van der Waals surface area (Å²) in [5, 5.41) is 0.968. The van der Waals surface area contributed by atoms with Crippen molar-refractivity contribution in [3.63, 3.8) is 0 Å². The molecule has 1 heteroatoms. The molecule has 0 radical (unpaired) electrons. The summed E-state index contributed by atoms with van der Waals surface area (Å²) in [6.45, 7) is 2.22. The van der Waals surface area contributed by atoms with Gasteiger partial charge >= 0.3 is 0 Å². The Kier molecular flexibility index (Phi) is 9.92. The average Bonchev–Trinajstić information content (AvgIpc) is 2.03. The number of alkyl halides is 1. The molecule has 0 fully saturated rings. The van der Waals surface area contributed by atoms with Gasteiger partial charge in [0.2, 0.25) is 0 Å². The van der Waals surface area contributed by atoms with Gasteiger partial charge in [-0.25, -0.2) is 0 Å². The molecular formula is C10H17Br. The van der Waals surface area contributed by atoms with Crippen molar-refractivity contribution in [2.45, 2.75) is 32.6 Å². The first-order chi connectivity index (χ1) is 5.41. The van der Waals surface area contributed by atoms with Crippen LogP contribution in [0.5, 0.6) is 0 Å². The second-order valence-electron chi connectivity index (χ2n) is 2.48. The third kappa shape index (κ3) is 9.96. The van der Waals surface area contributed by atoms with Crippen LogP contribution < -0.4 is 0 Å². The molecule has 0 heterocycles. The largest absolute Gasteiger partial charge is 0.0883 e. The van der Waals surface area contributed by atoms with Gasteiger partial charge in [-0.2, -0.15) is 0 Å². The van der Waals surface area contributed by atoms with Crippen LogP contribution in [-0.2, 0) is 0 Å². The van der Waals surface area contributed by atoms with E-state index in [1.807, 2.05) is 0 Å². The lowest BCUT2D eigenvalue weighted by atomic mass is 10.2. The van der Waals surface area contributed by atoms with E-state index in [9.17, 15) is 0 Å². The summed E-state index contributed by atoms with van der Waals surface area (Å²) in [6, 6.07) is 0. The Hall–Kier alpha value is -0.0400. The molecule has 0 aromatic rings. The van der Waals surface area contributed by atoms with Crippen molar-refractivity contribution >= 4 is 15.9 Å². The zero-order valence-corrected chi connectivity index (χ0v) is 8.81. The van der Waals surface area contributed by atoms with Gasteiger partial charge in [0.05, 0.1) is 0 Å². The van der Waals surface area contributed by atoms with Gasteiger partial charge in [0.15, 0.2) is 0 Å². The first-order valence-corrected chi connectivity index (χ1v) is 5.40. The van der Waals surface area contributed by atoms with E-state index >= 15 is 0 Å². The molecule has 0 amide bonds. The molecule has 0 aromatic heterocycles. The van der Waals surface area contributed by atoms with Gasteiger partial charge in [0, 0.05) is 5.33 Å². The molecule has 0 nitrogen and oxygen atoms in total. The van der Waals surface area contributed by atoms with Crippen LogP contribution in [0.4, 0.5) is 0 Å². The van der Waals surface area contributed by atoms with Crippen LogP contribution >= 0.6 is 15.9 Å². The summed E-state index contributed by atoms with van der Waals surface area (Å²) < 4.78 is 0. The van der Waals surface area contributed by atoms with Crippen LogP contribution in [0.3, 0.4) is 0 Å². The van der Waals surface area contributed by atoms with E-state index in [2.05, 4.69) is 47.2 Å². The molecule has 0 saturated heterocycles. The molecule has 0 saturated carbocycles. The Morgan fingerprint density at radius 1 is 1.09 bits per heavy atom. The molecule has 0 aliphatic heterocycles. The predicted molar refractivity (Wildman–Crippen MR) is 56.2 cm³/mol. The fourth-order valence-corrected chi connectivity index (χ4v) is 1.04. The fourth-order valence-electron chi connectivity index (χ4n) is 0.774. The Balaban J connectivity index is 3.09. The standard InChI is InChI=1S/C10H17Br/c1-2-3-4-5-6-7-8-9-10-11/h5-6,8-9H,2-4,7,10H2,1H3. The third-order valence-electron chi connectivity index (χ3n) is 1.42. The number of hydrogen-bond acceptors (Lipinski definition) is 0. The van der Waals surface area contributed by atoms with Crippen molar-refractivity contribution in [2.24, 2.45) is 0 Å². The summed E-state index contributed by atoms with van der Waals surface area (Å²) >= 11 is 3.33. The number of hydrogen-bond donors (Lipinski definition) is 0. The number of unbranched alkanes of at least 4 members (excludes halogenated alkanes) is 2. The maximum Gasteiger partial charge on any atom is 0.0212 e. The molecule has 0 rings (SSSR count). The van der Waals surface area contributed by atoms with Crippen molar-refractivity contribution in [3.05, 3.63) is 24.3 Å². The molecule has 0 bridgehead atoms. The zero-order valence-electron chi connectivity index (χ0n) is 7.22. The number of allylic oxidation sites excluding steroid dienone is 4. The highest BCUT2D eigenvalue weighted by atomic mass is 79.9. The summed E-state index contributed by atoms with van der Waals surface area (Å²) in [5.74, 6) is 0. The first-order valence-electron chi connectivity index (χ1n) is 4.27. The molecule has 0 atom stereocenters. The summed E-state index contributed by atoms with van der Waals surface area (Å²) in [6.07, 6.45) is 13.7. The third-order valence-corrected chi connectivity index (χ3v) is 1.79. The van der Waals surface area contributed by atoms with Crippen molar-refractivity contribution in [2.75, 3.05) is 5.33 Å². The molecule has 0 spiro atoms. The molecule has 0 aliphatic carbocycles. The van der Waals surface area contributed by atoms with Crippen LogP contribution in [0.25, 0.3) is 0 Å². The monoisotopic (exact) mass is 216 g/mol. The van der Waals surface area contributed by atoms with E-state index in [1.54, 1.807) is 0 Å². The van der Waals surface area contributed by atoms with E-state index < -0.39 is 0 Å². The number of rotatable bonds is 6. The molecule has 0 aliphatic rings. The smallest absolute Gasteiger partial charge is 0.0212 e. The van der Waals surface area contributed by atoms with E-state index in [0.717, 1.165) is 11.8 Å². The highest BCUT2D eigenvalue weighted by Crippen LogP contribution is 1.96. The number of halogens is 1. The summed E-state index contributed by atoms with van der Waals surface area (Å²) in [5.41, 5.74) is 0. The van der Waals surface area contributed by atoms with Gasteiger partial charge in [0.1, 0.15) is 0 Å². The van der Waals surface area contributed by atoms with Gasteiger partial charge in [-0.1, -0.05) is 60.0 Å². The lowest BCUT2D eigenvalue weighted by Gasteiger charge is -1.86. The van der Waals surface area contributed by atoms with Crippen molar-refractivity contribution < 1.29 is 0 Å². The Morgan fingerprint density at radius 2 is 1.82 bits per heavy atom. The van der Waals surface area contributed by atoms with Crippen LogP contribution in [0, 0.1) is 0 Å². The summed E-state index contributed by atoms with van der Waals surface area (Å²) in [7, 11) is 0. The van der Waals surface area contributed by atoms with Crippen molar-refractivity contribution in [1.82, 2.24) is 0 Å². The zero-order chi connectivity index (χ0) is 8.36. The van der Waals surface area contributed by atoms with Gasteiger partial charge in [-0.3, -0.25) is 0 Å². The Labute approximate surface area is 78.5 Å². The van der Waals surface area contributed by atoms with E-state index in [-0.39, 0.29) is 0 Å². The quantitative estimate of drug-likeness (QED) is 0.357. The maximum absolute atomic E-state index is 3.33. The van der Waals surface area contributed by atoms with Gasteiger partial charge in [-0.15, -0.1) is 0 Å². The molecule has 0 unspecified atom stereocenters. The average molecular weight is 217 g/mol. The van der Waals surface area contributed by atoms with Crippen LogP contribution in [-0.4, -0.2) is 5.33 Å². The normalized spacial score (nSPS) is 11.8. The van der Waals surface area contributed by atoms with Gasteiger partial charge < -0.3 is 0 Å². The highest BCUT2D eigenvalue weighted by Gasteiger charge is 1.76. The van der Waals surface area contributed by atoms with E-state index in [0.29, 0.717) is 0 Å². The van der Waals surface area contributed by atoms with Crippen molar-refractivity contribution in [3.8, 4) is 0 Å². The maximum atomic E-state index is 3.33. The first kappa shape index (κ1) is 11.0. The van der Waals surface area contributed by atoms with E-state index in [4.69, 9.17) is 0 Å². The Morgan fingerprint density at radius 3 is 2.45 bits per heavy atom. The lowest BCUT2D eigenvalue weighted by molar-refractivity contribution is 0.813. The minimum absolute atomic E-state index is 0.968. The summed E-state index contributed by atoms with van der Waals surface area (Å²) in [4.78, 5) is 0. The van der Waals surface area contributed by atoms with Gasteiger partial charge in [0.25, 0.3) is 0 Å². The minimum Gasteiger partial charge on any atom is -0.0883 e. The van der Waals surface area contributed by atoms with Crippen LogP contribution in [0.1, 0.15) is 32.6 Å². The SMILES string of the molecule is CCCCC=CCC=CCBr. The highest BCUT2D eigenvalue weighted by molar-refractivity contribution is 9.09. The molecule has 11 heavy (non-hydrogen) atoms. The Bertz CT molecular complexity index is 114. The predicted octanol–water partition coefficient (Wildman–Crippen LogP) is 4.07. The van der Waals surface area contributed by atoms with Gasteiger partial charge in [-0.05, 0) is 12.8 Å². The van der Waals surface area contributed by atoms with Crippen LogP contribution in [0.15, 0.2) is 24.3 Å². The molecule has 0 aromatic carbocycles. The van der Waals surface area contributed by atoms with Crippen LogP contribution in [0.2, 0.25) is 0 Å². The second kappa shape index (κ2) is 9.96.